The second kappa shape index (κ2) is 8.73. The van der Waals surface area contributed by atoms with E-state index in [0.29, 0.717) is 14.9 Å². The standard InChI is InChI=1S/C28H21N3O4S/c1-35-21-12-9-19(10-13-21)26-23-14-11-18-6-2-3-8-22(18)25(23)29-28-30(26)27(32)24(36-28)16-17-5-4-7-20(15-17)31(33)34/h2-10,12-13,15-16,26H,11,14H2,1H3/b24-16-/t26-/m0/s1. The number of rotatable bonds is 4. The van der Waals surface area contributed by atoms with Crippen molar-refractivity contribution in [3.63, 3.8) is 0 Å². The third kappa shape index (κ3) is 3.67. The van der Waals surface area contributed by atoms with Gasteiger partial charge in [0.05, 0.1) is 28.3 Å². The number of methoxy groups -OCH3 is 1. The lowest BCUT2D eigenvalue weighted by Gasteiger charge is -2.30. The number of hydrogen-bond acceptors (Lipinski definition) is 6. The van der Waals surface area contributed by atoms with E-state index in [-0.39, 0.29) is 17.3 Å². The molecule has 0 unspecified atom stereocenters. The normalized spacial score (nSPS) is 16.6. The summed E-state index contributed by atoms with van der Waals surface area (Å²) < 4.78 is 7.60. The van der Waals surface area contributed by atoms with Gasteiger partial charge in [-0.05, 0) is 53.3 Å². The van der Waals surface area contributed by atoms with Crippen molar-refractivity contribution in [2.24, 2.45) is 4.99 Å². The molecule has 1 aromatic heterocycles. The van der Waals surface area contributed by atoms with E-state index in [4.69, 9.17) is 9.73 Å². The number of nitrogens with zero attached hydrogens (tertiary/aromatic N) is 3. The number of nitro groups is 1. The van der Waals surface area contributed by atoms with E-state index in [1.807, 2.05) is 36.4 Å². The zero-order valence-corrected chi connectivity index (χ0v) is 20.2. The minimum absolute atomic E-state index is 0.0142. The van der Waals surface area contributed by atoms with Crippen LogP contribution >= 0.6 is 11.3 Å². The molecule has 0 bridgehead atoms. The number of non-ortho nitro benzene ring substituents is 1. The van der Waals surface area contributed by atoms with Gasteiger partial charge in [0, 0.05) is 17.7 Å². The van der Waals surface area contributed by atoms with Crippen molar-refractivity contribution in [2.75, 3.05) is 7.11 Å². The SMILES string of the molecule is COc1ccc([C@H]2C3=C(N=c4s/c(=C\c5cccc([N+](=O)[O-])c5)c(=O)n42)c2ccccc2CC3)cc1. The van der Waals surface area contributed by atoms with Crippen LogP contribution in [0.15, 0.2) is 88.2 Å². The number of hydrogen-bond donors (Lipinski definition) is 0. The topological polar surface area (TPSA) is 86.7 Å². The number of aromatic nitrogens is 1. The van der Waals surface area contributed by atoms with E-state index in [2.05, 4.69) is 12.1 Å². The van der Waals surface area contributed by atoms with Crippen LogP contribution in [0.4, 0.5) is 5.69 Å². The second-order valence-electron chi connectivity index (χ2n) is 8.74. The smallest absolute Gasteiger partial charge is 0.271 e. The fourth-order valence-electron chi connectivity index (χ4n) is 4.99. The Bertz CT molecular complexity index is 1730. The molecule has 178 valence electrons. The van der Waals surface area contributed by atoms with E-state index in [0.717, 1.165) is 41.0 Å². The lowest BCUT2D eigenvalue weighted by atomic mass is 9.83. The molecule has 3 aromatic carbocycles. The minimum atomic E-state index is -0.436. The molecule has 0 saturated carbocycles. The lowest BCUT2D eigenvalue weighted by Crippen LogP contribution is -2.38. The first-order valence-electron chi connectivity index (χ1n) is 11.5. The molecule has 1 aliphatic carbocycles. The van der Waals surface area contributed by atoms with Gasteiger partial charge in [-0.1, -0.05) is 59.9 Å². The average molecular weight is 496 g/mol. The van der Waals surface area contributed by atoms with E-state index in [9.17, 15) is 14.9 Å². The number of nitro benzene ring substituents is 1. The fourth-order valence-corrected chi connectivity index (χ4v) is 5.99. The molecule has 8 heteroatoms. The number of allylic oxidation sites excluding steroid dienone is 1. The van der Waals surface area contributed by atoms with Crippen molar-refractivity contribution in [1.29, 1.82) is 0 Å². The highest BCUT2D eigenvalue weighted by molar-refractivity contribution is 7.07. The van der Waals surface area contributed by atoms with Gasteiger partial charge in [-0.25, -0.2) is 4.99 Å². The number of ether oxygens (including phenoxy) is 1. The van der Waals surface area contributed by atoms with Crippen molar-refractivity contribution >= 4 is 28.8 Å². The number of fused-ring (bicyclic) bond motifs is 3. The molecule has 36 heavy (non-hydrogen) atoms. The quantitative estimate of drug-likeness (QED) is 0.313. The van der Waals surface area contributed by atoms with Crippen LogP contribution in [-0.4, -0.2) is 16.6 Å². The van der Waals surface area contributed by atoms with Gasteiger partial charge in [-0.3, -0.25) is 19.5 Å². The molecule has 6 rings (SSSR count). The summed E-state index contributed by atoms with van der Waals surface area (Å²) in [5.74, 6) is 0.750. The molecular weight excluding hydrogens is 474 g/mol. The number of benzene rings is 3. The molecule has 0 saturated heterocycles. The summed E-state index contributed by atoms with van der Waals surface area (Å²) in [7, 11) is 1.63. The summed E-state index contributed by atoms with van der Waals surface area (Å²) in [6.07, 6.45) is 3.40. The first kappa shape index (κ1) is 22.2. The predicted octanol–water partition coefficient (Wildman–Crippen LogP) is 4.24. The van der Waals surface area contributed by atoms with Gasteiger partial charge in [-0.15, -0.1) is 0 Å². The van der Waals surface area contributed by atoms with Crippen molar-refractivity contribution < 1.29 is 9.66 Å². The molecular formula is C28H21N3O4S. The summed E-state index contributed by atoms with van der Waals surface area (Å²) in [6.45, 7) is 0. The summed E-state index contributed by atoms with van der Waals surface area (Å²) in [5, 5.41) is 11.2. The Kier molecular flexibility index (Phi) is 5.38. The molecule has 0 N–H and O–H groups in total. The molecule has 1 atom stereocenters. The number of aryl methyl sites for hydroxylation is 1. The first-order valence-corrected chi connectivity index (χ1v) is 12.4. The zero-order chi connectivity index (χ0) is 24.8. The minimum Gasteiger partial charge on any atom is -0.497 e. The van der Waals surface area contributed by atoms with Gasteiger partial charge in [0.25, 0.3) is 11.2 Å². The maximum atomic E-state index is 13.8. The predicted molar refractivity (Wildman–Crippen MR) is 139 cm³/mol. The van der Waals surface area contributed by atoms with Crippen molar-refractivity contribution in [2.45, 2.75) is 18.9 Å². The Balaban J connectivity index is 1.59. The van der Waals surface area contributed by atoms with E-state index in [1.54, 1.807) is 29.9 Å². The molecule has 2 heterocycles. The van der Waals surface area contributed by atoms with Crippen LogP contribution in [0.3, 0.4) is 0 Å². The fraction of sp³-hybridized carbons (Fsp3) is 0.143. The highest BCUT2D eigenvalue weighted by Crippen LogP contribution is 2.41. The van der Waals surface area contributed by atoms with Crippen LogP contribution in [0.2, 0.25) is 0 Å². The monoisotopic (exact) mass is 495 g/mol. The molecule has 0 amide bonds. The third-order valence-electron chi connectivity index (χ3n) is 6.68. The van der Waals surface area contributed by atoms with Gasteiger partial charge in [0.2, 0.25) is 0 Å². The van der Waals surface area contributed by atoms with E-state index < -0.39 is 4.92 Å². The summed E-state index contributed by atoms with van der Waals surface area (Å²) in [4.78, 5) is 30.2. The van der Waals surface area contributed by atoms with E-state index >= 15 is 0 Å². The summed E-state index contributed by atoms with van der Waals surface area (Å²) in [5.41, 5.74) is 5.83. The second-order valence-corrected chi connectivity index (χ2v) is 9.75. The first-order chi connectivity index (χ1) is 17.5. The summed E-state index contributed by atoms with van der Waals surface area (Å²) in [6, 6.07) is 22.1. The van der Waals surface area contributed by atoms with E-state index in [1.165, 1.54) is 29.0 Å². The molecule has 2 aliphatic rings. The average Bonchev–Trinajstić information content (AvgIpc) is 3.22. The van der Waals surface area contributed by atoms with Crippen molar-refractivity contribution in [3.05, 3.63) is 130 Å². The van der Waals surface area contributed by atoms with Crippen LogP contribution in [-0.2, 0) is 6.42 Å². The van der Waals surface area contributed by atoms with Gasteiger partial charge in [0.15, 0.2) is 4.80 Å². The van der Waals surface area contributed by atoms with Gasteiger partial charge in [-0.2, -0.15) is 0 Å². The Morgan fingerprint density at radius 2 is 1.89 bits per heavy atom. The molecule has 0 fully saturated rings. The van der Waals surface area contributed by atoms with Crippen molar-refractivity contribution in [3.8, 4) is 5.75 Å². The van der Waals surface area contributed by atoms with Crippen LogP contribution in [0.5, 0.6) is 5.75 Å². The van der Waals surface area contributed by atoms with Crippen molar-refractivity contribution in [1.82, 2.24) is 4.57 Å². The Labute approximate surface area is 210 Å². The van der Waals surface area contributed by atoms with Gasteiger partial charge >= 0.3 is 0 Å². The van der Waals surface area contributed by atoms with Gasteiger partial charge < -0.3 is 4.74 Å². The van der Waals surface area contributed by atoms with Crippen LogP contribution < -0.4 is 19.6 Å². The Hall–Kier alpha value is -4.30. The Morgan fingerprint density at radius 1 is 1.08 bits per heavy atom. The lowest BCUT2D eigenvalue weighted by molar-refractivity contribution is -0.384. The van der Waals surface area contributed by atoms with Crippen LogP contribution in [0, 0.1) is 10.1 Å². The van der Waals surface area contributed by atoms with Gasteiger partial charge in [0.1, 0.15) is 5.75 Å². The maximum Gasteiger partial charge on any atom is 0.271 e. The highest BCUT2D eigenvalue weighted by Gasteiger charge is 2.32. The number of thiazole rings is 1. The summed E-state index contributed by atoms with van der Waals surface area (Å²) >= 11 is 1.31. The molecule has 0 spiro atoms. The molecule has 1 aliphatic heterocycles. The van der Waals surface area contributed by atoms with Crippen LogP contribution in [0.1, 0.15) is 34.7 Å². The Morgan fingerprint density at radius 3 is 2.67 bits per heavy atom. The largest absolute Gasteiger partial charge is 0.497 e. The third-order valence-corrected chi connectivity index (χ3v) is 7.67. The molecule has 4 aromatic rings. The molecule has 7 nitrogen and oxygen atoms in total. The maximum absolute atomic E-state index is 13.8. The highest BCUT2D eigenvalue weighted by atomic mass is 32.1. The molecule has 0 radical (unpaired) electrons. The zero-order valence-electron chi connectivity index (χ0n) is 19.4. The van der Waals surface area contributed by atoms with Crippen LogP contribution in [0.25, 0.3) is 11.8 Å².